The molecule has 0 radical (unpaired) electrons. The van der Waals surface area contributed by atoms with Crippen LogP contribution >= 0.6 is 23.2 Å². The number of rotatable bonds is 7. The van der Waals surface area contributed by atoms with Crippen LogP contribution in [0.15, 0.2) is 12.1 Å². The van der Waals surface area contributed by atoms with Crippen LogP contribution in [0, 0.1) is 0 Å². The molecule has 1 amide bonds. The Kier molecular flexibility index (Phi) is 6.42. The van der Waals surface area contributed by atoms with E-state index in [0.717, 1.165) is 12.0 Å². The van der Waals surface area contributed by atoms with E-state index in [-0.39, 0.29) is 19.1 Å². The molecular weight excluding hydrogens is 287 g/mol. The van der Waals surface area contributed by atoms with Gasteiger partial charge in [0.15, 0.2) is 0 Å². The van der Waals surface area contributed by atoms with Crippen molar-refractivity contribution in [3.8, 4) is 5.75 Å². The highest BCUT2D eigenvalue weighted by atomic mass is 35.5. The van der Waals surface area contributed by atoms with E-state index < -0.39 is 5.91 Å². The second-order valence-corrected chi connectivity index (χ2v) is 5.16. The molecule has 6 heteroatoms. The van der Waals surface area contributed by atoms with E-state index in [4.69, 9.17) is 39.4 Å². The van der Waals surface area contributed by atoms with Crippen LogP contribution in [0.4, 0.5) is 0 Å². The number of nitrogens with two attached hydrogens (primary N) is 2. The molecule has 1 rings (SSSR count). The molecule has 1 aromatic carbocycles. The predicted octanol–water partition coefficient (Wildman–Crippen LogP) is 2.53. The molecular formula is C13H18Cl2N2O2. The van der Waals surface area contributed by atoms with Crippen molar-refractivity contribution in [2.24, 2.45) is 11.5 Å². The van der Waals surface area contributed by atoms with Gasteiger partial charge in [-0.25, -0.2) is 0 Å². The lowest BCUT2D eigenvalue weighted by atomic mass is 10.0. The number of halogens is 2. The Balaban J connectivity index is 2.89. The van der Waals surface area contributed by atoms with Gasteiger partial charge in [0.25, 0.3) is 0 Å². The van der Waals surface area contributed by atoms with Crippen LogP contribution in [0.5, 0.6) is 5.75 Å². The molecule has 4 nitrogen and oxygen atoms in total. The smallest absolute Gasteiger partial charge is 0.220 e. The zero-order chi connectivity index (χ0) is 14.4. The predicted molar refractivity (Wildman–Crippen MR) is 77.7 cm³/mol. The Morgan fingerprint density at radius 1 is 1.42 bits per heavy atom. The largest absolute Gasteiger partial charge is 0.491 e. The minimum absolute atomic E-state index is 0.00743. The molecule has 0 heterocycles. The zero-order valence-corrected chi connectivity index (χ0v) is 12.3. The van der Waals surface area contributed by atoms with Gasteiger partial charge in [-0.3, -0.25) is 4.79 Å². The first kappa shape index (κ1) is 16.1. The molecule has 0 saturated carbocycles. The third kappa shape index (κ3) is 5.27. The number of benzene rings is 1. The van der Waals surface area contributed by atoms with Crippen molar-refractivity contribution in [1.29, 1.82) is 0 Å². The van der Waals surface area contributed by atoms with Crippen molar-refractivity contribution in [2.75, 3.05) is 6.61 Å². The lowest BCUT2D eigenvalue weighted by Gasteiger charge is -2.16. The molecule has 0 bridgehead atoms. The Labute approximate surface area is 123 Å². The summed E-state index contributed by atoms with van der Waals surface area (Å²) in [5.41, 5.74) is 11.8. The highest BCUT2D eigenvalue weighted by Gasteiger charge is 2.13. The zero-order valence-electron chi connectivity index (χ0n) is 10.8. The Morgan fingerprint density at radius 2 is 2.11 bits per heavy atom. The van der Waals surface area contributed by atoms with Crippen LogP contribution in [-0.4, -0.2) is 18.6 Å². The van der Waals surface area contributed by atoms with Crippen LogP contribution in [-0.2, 0) is 11.2 Å². The summed E-state index contributed by atoms with van der Waals surface area (Å²) < 4.78 is 5.53. The van der Waals surface area contributed by atoms with E-state index >= 15 is 0 Å². The van der Waals surface area contributed by atoms with Gasteiger partial charge in [-0.2, -0.15) is 0 Å². The summed E-state index contributed by atoms with van der Waals surface area (Å²) >= 11 is 12.1. The second kappa shape index (κ2) is 7.58. The van der Waals surface area contributed by atoms with Gasteiger partial charge in [-0.05, 0) is 30.5 Å². The number of hydrogen-bond donors (Lipinski definition) is 2. The average molecular weight is 305 g/mol. The topological polar surface area (TPSA) is 78.3 Å². The van der Waals surface area contributed by atoms with Crippen molar-refractivity contribution in [3.63, 3.8) is 0 Å². The van der Waals surface area contributed by atoms with Crippen molar-refractivity contribution in [3.05, 3.63) is 27.7 Å². The van der Waals surface area contributed by atoms with E-state index in [0.29, 0.717) is 22.2 Å². The summed E-state index contributed by atoms with van der Waals surface area (Å²) in [4.78, 5) is 10.7. The second-order valence-electron chi connectivity index (χ2n) is 4.31. The lowest BCUT2D eigenvalue weighted by molar-refractivity contribution is -0.118. The maximum Gasteiger partial charge on any atom is 0.220 e. The first-order valence-corrected chi connectivity index (χ1v) is 6.84. The molecule has 0 fully saturated rings. The van der Waals surface area contributed by atoms with Gasteiger partial charge in [0.2, 0.25) is 5.91 Å². The Hall–Kier alpha value is -0.970. The van der Waals surface area contributed by atoms with Gasteiger partial charge in [0, 0.05) is 11.1 Å². The third-order valence-corrected chi connectivity index (χ3v) is 3.19. The fourth-order valence-corrected chi connectivity index (χ4v) is 2.20. The van der Waals surface area contributed by atoms with Gasteiger partial charge in [-0.1, -0.05) is 30.1 Å². The molecule has 1 aromatic rings. The molecule has 1 unspecified atom stereocenters. The van der Waals surface area contributed by atoms with Crippen molar-refractivity contribution >= 4 is 29.1 Å². The number of ether oxygens (including phenoxy) is 1. The number of amides is 1. The number of carbonyl (C=O) groups excluding carboxylic acids is 1. The van der Waals surface area contributed by atoms with E-state index in [1.165, 1.54) is 0 Å². The molecule has 0 spiro atoms. The SMILES string of the molecule is CCC(N)Cc1cc(Cl)cc(Cl)c1OCCC(N)=O. The highest BCUT2D eigenvalue weighted by Crippen LogP contribution is 2.33. The molecule has 106 valence electrons. The maximum atomic E-state index is 10.7. The molecule has 0 aliphatic heterocycles. The first-order valence-electron chi connectivity index (χ1n) is 6.08. The van der Waals surface area contributed by atoms with Crippen molar-refractivity contribution < 1.29 is 9.53 Å². The summed E-state index contributed by atoms with van der Waals surface area (Å²) in [5.74, 6) is 0.105. The van der Waals surface area contributed by atoms with Gasteiger partial charge < -0.3 is 16.2 Å². The molecule has 0 aliphatic rings. The Morgan fingerprint density at radius 3 is 2.68 bits per heavy atom. The van der Waals surface area contributed by atoms with Crippen molar-refractivity contribution in [1.82, 2.24) is 0 Å². The number of hydrogen-bond acceptors (Lipinski definition) is 3. The third-order valence-electron chi connectivity index (χ3n) is 2.69. The quantitative estimate of drug-likeness (QED) is 0.812. The summed E-state index contributed by atoms with van der Waals surface area (Å²) in [7, 11) is 0. The summed E-state index contributed by atoms with van der Waals surface area (Å²) in [6.45, 7) is 2.19. The van der Waals surface area contributed by atoms with E-state index in [9.17, 15) is 4.79 Å². The summed E-state index contributed by atoms with van der Waals surface area (Å²) in [6, 6.07) is 3.39. The lowest BCUT2D eigenvalue weighted by Crippen LogP contribution is -2.22. The van der Waals surface area contributed by atoms with E-state index in [1.54, 1.807) is 12.1 Å². The Bertz CT molecular complexity index is 453. The number of primary amides is 1. The van der Waals surface area contributed by atoms with E-state index in [2.05, 4.69) is 0 Å². The van der Waals surface area contributed by atoms with Crippen LogP contribution in [0.2, 0.25) is 10.0 Å². The van der Waals surface area contributed by atoms with Gasteiger partial charge in [0.05, 0.1) is 18.1 Å². The molecule has 4 N–H and O–H groups in total. The normalized spacial score (nSPS) is 12.2. The minimum Gasteiger partial charge on any atom is -0.491 e. The highest BCUT2D eigenvalue weighted by molar-refractivity contribution is 6.35. The fourth-order valence-electron chi connectivity index (χ4n) is 1.61. The van der Waals surface area contributed by atoms with Crippen molar-refractivity contribution in [2.45, 2.75) is 32.2 Å². The van der Waals surface area contributed by atoms with Crippen LogP contribution in [0.25, 0.3) is 0 Å². The first-order chi connectivity index (χ1) is 8.93. The van der Waals surface area contributed by atoms with Crippen LogP contribution in [0.1, 0.15) is 25.3 Å². The summed E-state index contributed by atoms with van der Waals surface area (Å²) in [6.07, 6.45) is 1.59. The molecule has 0 aliphatic carbocycles. The maximum absolute atomic E-state index is 10.7. The van der Waals surface area contributed by atoms with Gasteiger partial charge in [0.1, 0.15) is 5.75 Å². The molecule has 1 atom stereocenters. The van der Waals surface area contributed by atoms with Gasteiger partial charge in [-0.15, -0.1) is 0 Å². The van der Waals surface area contributed by atoms with Crippen LogP contribution < -0.4 is 16.2 Å². The summed E-state index contributed by atoms with van der Waals surface area (Å²) in [5, 5.41) is 0.945. The standard InChI is InChI=1S/C13H18Cl2N2O2/c1-2-10(16)6-8-5-9(14)7-11(15)13(8)19-4-3-12(17)18/h5,7,10H,2-4,6,16H2,1H3,(H2,17,18). The monoisotopic (exact) mass is 304 g/mol. The molecule has 0 saturated heterocycles. The van der Waals surface area contributed by atoms with E-state index in [1.807, 2.05) is 6.92 Å². The molecule has 19 heavy (non-hydrogen) atoms. The van der Waals surface area contributed by atoms with Gasteiger partial charge >= 0.3 is 0 Å². The fraction of sp³-hybridized carbons (Fsp3) is 0.462. The minimum atomic E-state index is -0.420. The molecule has 0 aromatic heterocycles. The average Bonchev–Trinajstić information content (AvgIpc) is 2.31. The number of carbonyl (C=O) groups is 1. The van der Waals surface area contributed by atoms with Crippen LogP contribution in [0.3, 0.4) is 0 Å².